The molecule has 0 aliphatic rings. The number of thiol groups is 1. The Bertz CT molecular complexity index is 82.0. The Balaban J connectivity index is -0.000000149. The van der Waals surface area contributed by atoms with Gasteiger partial charge >= 0.3 is 5.97 Å². The van der Waals surface area contributed by atoms with E-state index in [1.165, 1.54) is 0 Å². The van der Waals surface area contributed by atoms with Gasteiger partial charge in [-0.3, -0.25) is 4.79 Å². The van der Waals surface area contributed by atoms with Gasteiger partial charge in [0.2, 0.25) is 0 Å². The van der Waals surface area contributed by atoms with Crippen LogP contribution >= 0.6 is 12.6 Å². The molecule has 0 amide bonds. The molecular formula is C5H12NO2SZn-. The first-order valence-electron chi connectivity index (χ1n) is 2.48. The maximum atomic E-state index is 9.76. The summed E-state index contributed by atoms with van der Waals surface area (Å²) in [6.45, 7) is 5.00. The monoisotopic (exact) mass is 214 g/mol. The van der Waals surface area contributed by atoms with E-state index >= 15 is 0 Å². The first-order chi connectivity index (χ1) is 4.18. The maximum absolute atomic E-state index is 9.76. The molecule has 0 saturated heterocycles. The van der Waals surface area contributed by atoms with Gasteiger partial charge in [0.25, 0.3) is 0 Å². The topological polar surface area (TPSA) is 63.3 Å². The fourth-order valence-electron chi connectivity index (χ4n) is 0.0781. The Morgan fingerprint density at radius 3 is 2.10 bits per heavy atom. The number of hydrogen-bond acceptors (Lipinski definition) is 3. The Kier molecular flexibility index (Phi) is 20.3. The molecule has 0 saturated carbocycles. The van der Waals surface area contributed by atoms with Gasteiger partial charge in [-0.1, -0.05) is 0 Å². The van der Waals surface area contributed by atoms with Crippen molar-refractivity contribution in [2.45, 2.75) is 13.0 Å². The van der Waals surface area contributed by atoms with Crippen molar-refractivity contribution in [3.05, 3.63) is 6.92 Å². The molecule has 0 aliphatic heterocycles. The zero-order chi connectivity index (χ0) is 7.86. The summed E-state index contributed by atoms with van der Waals surface area (Å²) in [5.74, 6) is -0.815. The van der Waals surface area contributed by atoms with Crippen LogP contribution < -0.4 is 5.73 Å². The quantitative estimate of drug-likeness (QED) is 0.350. The van der Waals surface area contributed by atoms with Crippen LogP contribution in [0.4, 0.5) is 0 Å². The predicted molar refractivity (Wildman–Crippen MR) is 40.5 cm³/mol. The maximum Gasteiger partial charge on any atom is 0.321 e. The Morgan fingerprint density at radius 2 is 2.10 bits per heavy atom. The van der Waals surface area contributed by atoms with Gasteiger partial charge in [-0.05, 0) is 0 Å². The Hall–Kier alpha value is 0.403. The third kappa shape index (κ3) is 11.2. The molecule has 0 unspecified atom stereocenters. The molecule has 0 bridgehead atoms. The number of carboxylic acids is 1. The minimum Gasteiger partial charge on any atom is -0.480 e. The Morgan fingerprint density at radius 1 is 1.80 bits per heavy atom. The van der Waals surface area contributed by atoms with E-state index < -0.39 is 12.0 Å². The van der Waals surface area contributed by atoms with Gasteiger partial charge < -0.3 is 17.8 Å². The summed E-state index contributed by atoms with van der Waals surface area (Å²) in [5.41, 5.74) is 4.94. The van der Waals surface area contributed by atoms with E-state index in [1.54, 1.807) is 6.92 Å². The molecule has 5 heteroatoms. The standard InChI is InChI=1S/C3H7NO2S.C2H5.Zn/c4-2(1-7)3(5)6;1-2;/h2,7H,1,4H2,(H,5,6);1H2,2H3;/q;-1;/t2-;;/m0../s1. The van der Waals surface area contributed by atoms with E-state index in [2.05, 4.69) is 19.6 Å². The summed E-state index contributed by atoms with van der Waals surface area (Å²) in [4.78, 5) is 9.76. The average Bonchev–Trinajstić information content (AvgIpc) is 1.91. The molecule has 0 spiro atoms. The summed E-state index contributed by atoms with van der Waals surface area (Å²) in [6, 6.07) is -0.816. The number of carboxylic acid groups (broad SMARTS) is 1. The van der Waals surface area contributed by atoms with E-state index in [4.69, 9.17) is 10.8 Å². The van der Waals surface area contributed by atoms with Crippen LogP contribution in [0.1, 0.15) is 6.92 Å². The van der Waals surface area contributed by atoms with E-state index in [9.17, 15) is 4.79 Å². The summed E-state index contributed by atoms with van der Waals surface area (Å²) in [6.07, 6.45) is 0. The van der Waals surface area contributed by atoms with Crippen LogP contribution in [0.5, 0.6) is 0 Å². The molecule has 0 fully saturated rings. The normalized spacial score (nSPS) is 10.0. The molecule has 0 aromatic rings. The predicted octanol–water partition coefficient (Wildman–Crippen LogP) is 0.166. The number of rotatable bonds is 2. The molecule has 10 heavy (non-hydrogen) atoms. The molecule has 0 aliphatic carbocycles. The number of aliphatic carboxylic acids is 1. The second-order valence-electron chi connectivity index (χ2n) is 1.13. The molecule has 0 heterocycles. The molecule has 3 nitrogen and oxygen atoms in total. The van der Waals surface area contributed by atoms with Crippen LogP contribution in [0.25, 0.3) is 0 Å². The summed E-state index contributed by atoms with van der Waals surface area (Å²) < 4.78 is 0. The van der Waals surface area contributed by atoms with Gasteiger partial charge in [0.05, 0.1) is 0 Å². The number of nitrogens with two attached hydrogens (primary N) is 1. The molecule has 58 valence electrons. The first kappa shape index (κ1) is 16.8. The smallest absolute Gasteiger partial charge is 0.321 e. The fraction of sp³-hybridized carbons (Fsp3) is 0.600. The summed E-state index contributed by atoms with van der Waals surface area (Å²) >= 11 is 3.65. The van der Waals surface area contributed by atoms with Crippen molar-refractivity contribution < 1.29 is 29.4 Å². The van der Waals surface area contributed by atoms with Gasteiger partial charge in [0.1, 0.15) is 6.04 Å². The van der Waals surface area contributed by atoms with Crippen molar-refractivity contribution in [1.29, 1.82) is 0 Å². The van der Waals surface area contributed by atoms with Crippen LogP contribution in [0.2, 0.25) is 0 Å². The minimum absolute atomic E-state index is 0. The first-order valence-corrected chi connectivity index (χ1v) is 3.11. The van der Waals surface area contributed by atoms with Crippen molar-refractivity contribution in [3.63, 3.8) is 0 Å². The minimum atomic E-state index is -1.00. The molecule has 3 N–H and O–H groups in total. The molecule has 0 aromatic heterocycles. The fourth-order valence-corrected chi connectivity index (χ4v) is 0.234. The second kappa shape index (κ2) is 12.1. The van der Waals surface area contributed by atoms with Crippen molar-refractivity contribution in [2.24, 2.45) is 5.73 Å². The van der Waals surface area contributed by atoms with Gasteiger partial charge in [-0.15, -0.1) is 0 Å². The second-order valence-corrected chi connectivity index (χ2v) is 1.49. The molecule has 0 rings (SSSR count). The number of hydrogen-bond donors (Lipinski definition) is 3. The van der Waals surface area contributed by atoms with Gasteiger partial charge in [0.15, 0.2) is 0 Å². The zero-order valence-corrected chi connectivity index (χ0v) is 9.94. The van der Waals surface area contributed by atoms with E-state index in [0.717, 1.165) is 0 Å². The van der Waals surface area contributed by atoms with Crippen LogP contribution in [-0.4, -0.2) is 22.9 Å². The molecule has 0 aromatic carbocycles. The molecular weight excluding hydrogens is 204 g/mol. The molecule has 1 atom stereocenters. The van der Waals surface area contributed by atoms with E-state index in [0.29, 0.717) is 0 Å². The SMILES string of the molecule is N[C@@H](CS)C(=O)O.[CH2-]C.[Zn]. The van der Waals surface area contributed by atoms with Gasteiger partial charge in [-0.2, -0.15) is 19.6 Å². The van der Waals surface area contributed by atoms with E-state index in [-0.39, 0.29) is 25.2 Å². The van der Waals surface area contributed by atoms with Crippen molar-refractivity contribution in [1.82, 2.24) is 0 Å². The van der Waals surface area contributed by atoms with Crippen molar-refractivity contribution in [2.75, 3.05) is 5.75 Å². The van der Waals surface area contributed by atoms with Crippen molar-refractivity contribution in [3.8, 4) is 0 Å². The third-order valence-corrected chi connectivity index (χ3v) is 0.907. The largest absolute Gasteiger partial charge is 0.480 e. The summed E-state index contributed by atoms with van der Waals surface area (Å²) in [7, 11) is 0. The molecule has 0 radical (unpaired) electrons. The zero-order valence-electron chi connectivity index (χ0n) is 6.08. The van der Waals surface area contributed by atoms with Gasteiger partial charge in [0, 0.05) is 25.2 Å². The third-order valence-electron chi connectivity index (χ3n) is 0.514. The van der Waals surface area contributed by atoms with Crippen LogP contribution in [0, 0.1) is 6.92 Å². The van der Waals surface area contributed by atoms with Gasteiger partial charge in [-0.25, -0.2) is 0 Å². The van der Waals surface area contributed by atoms with E-state index in [1.807, 2.05) is 0 Å². The Labute approximate surface area is 79.5 Å². The van der Waals surface area contributed by atoms with Crippen molar-refractivity contribution >= 4 is 18.6 Å². The van der Waals surface area contributed by atoms with Crippen LogP contribution in [-0.2, 0) is 24.3 Å². The number of carbonyl (C=O) groups is 1. The van der Waals surface area contributed by atoms with Crippen LogP contribution in [0.3, 0.4) is 0 Å². The average molecular weight is 216 g/mol. The van der Waals surface area contributed by atoms with Crippen LogP contribution in [0.15, 0.2) is 0 Å². The summed E-state index contributed by atoms with van der Waals surface area (Å²) in [5, 5.41) is 8.01.